The Bertz CT molecular complexity index is 623. The van der Waals surface area contributed by atoms with Gasteiger partial charge in [0, 0.05) is 13.1 Å². The van der Waals surface area contributed by atoms with Gasteiger partial charge in [0.2, 0.25) is 0 Å². The maximum Gasteiger partial charge on any atom is 0.416 e. The highest BCUT2D eigenvalue weighted by Crippen LogP contribution is 2.35. The number of nitrogens with zero attached hydrogens (tertiary/aromatic N) is 1. The molecule has 1 fully saturated rings. The van der Waals surface area contributed by atoms with Gasteiger partial charge in [-0.2, -0.15) is 13.2 Å². The molecule has 1 aromatic carbocycles. The number of ether oxygens (including phenoxy) is 2. The number of halogens is 4. The molecule has 0 unspecified atom stereocenters. The lowest BCUT2D eigenvalue weighted by Crippen LogP contribution is -2.51. The standard InChI is InChI=1S/C17H21ClF3NO3/c1-16(2,3)25-15(23)22-9-11(10-22)6-7-24-14-5-4-12(8-13(14)18)17(19,20)21/h4-5,8,11H,6-7,9-10H2,1-3H3. The largest absolute Gasteiger partial charge is 0.492 e. The summed E-state index contributed by atoms with van der Waals surface area (Å²) in [6.07, 6.45) is -4.09. The van der Waals surface area contributed by atoms with Crippen molar-refractivity contribution in [2.24, 2.45) is 5.92 Å². The van der Waals surface area contributed by atoms with Crippen LogP contribution >= 0.6 is 11.6 Å². The van der Waals surface area contributed by atoms with Crippen LogP contribution in [0.5, 0.6) is 5.75 Å². The van der Waals surface area contributed by atoms with Crippen molar-refractivity contribution < 1.29 is 27.4 Å². The Labute approximate surface area is 149 Å². The molecule has 1 aliphatic heterocycles. The monoisotopic (exact) mass is 379 g/mol. The first-order chi connectivity index (χ1) is 11.5. The average Bonchev–Trinajstić information content (AvgIpc) is 2.39. The normalized spacial score (nSPS) is 15.7. The summed E-state index contributed by atoms with van der Waals surface area (Å²) in [5.74, 6) is 0.499. The number of hydrogen-bond donors (Lipinski definition) is 0. The van der Waals surface area contributed by atoms with Gasteiger partial charge in [-0.3, -0.25) is 0 Å². The maximum atomic E-state index is 12.6. The van der Waals surface area contributed by atoms with Crippen LogP contribution in [0.2, 0.25) is 5.02 Å². The number of alkyl halides is 3. The summed E-state index contributed by atoms with van der Waals surface area (Å²) in [7, 11) is 0. The molecule has 8 heteroatoms. The molecule has 0 spiro atoms. The molecule has 0 radical (unpaired) electrons. The summed E-state index contributed by atoms with van der Waals surface area (Å²) < 4.78 is 48.4. The highest BCUT2D eigenvalue weighted by atomic mass is 35.5. The second kappa shape index (κ2) is 7.32. The van der Waals surface area contributed by atoms with E-state index in [4.69, 9.17) is 21.1 Å². The fourth-order valence-corrected chi connectivity index (χ4v) is 2.59. The van der Waals surface area contributed by atoms with Crippen LogP contribution in [0.15, 0.2) is 18.2 Å². The smallest absolute Gasteiger partial charge is 0.416 e. The highest BCUT2D eigenvalue weighted by molar-refractivity contribution is 6.32. The zero-order valence-electron chi connectivity index (χ0n) is 14.3. The van der Waals surface area contributed by atoms with Gasteiger partial charge in [-0.25, -0.2) is 4.79 Å². The molecule has 0 aliphatic carbocycles. The molecule has 1 aliphatic rings. The van der Waals surface area contributed by atoms with Crippen LogP contribution in [0.4, 0.5) is 18.0 Å². The summed E-state index contributed by atoms with van der Waals surface area (Å²) >= 11 is 5.83. The van der Waals surface area contributed by atoms with E-state index in [2.05, 4.69) is 0 Å². The number of carbonyl (C=O) groups is 1. The van der Waals surface area contributed by atoms with Gasteiger partial charge < -0.3 is 14.4 Å². The van der Waals surface area contributed by atoms with Gasteiger partial charge in [-0.15, -0.1) is 0 Å². The molecule has 25 heavy (non-hydrogen) atoms. The molecule has 2 rings (SSSR count). The highest BCUT2D eigenvalue weighted by Gasteiger charge is 2.33. The quantitative estimate of drug-likeness (QED) is 0.739. The Hall–Kier alpha value is -1.63. The summed E-state index contributed by atoms with van der Waals surface area (Å²) in [5, 5.41) is -0.0705. The molecule has 0 N–H and O–H groups in total. The average molecular weight is 380 g/mol. The van der Waals surface area contributed by atoms with Crippen molar-refractivity contribution in [2.75, 3.05) is 19.7 Å². The molecule has 0 bridgehead atoms. The Kier molecular flexibility index (Phi) is 5.76. The molecular formula is C17H21ClF3NO3. The predicted octanol–water partition coefficient (Wildman–Crippen LogP) is 4.99. The van der Waals surface area contributed by atoms with E-state index in [0.29, 0.717) is 26.1 Å². The van der Waals surface area contributed by atoms with Gasteiger partial charge in [0.25, 0.3) is 0 Å². The second-order valence-corrected chi connectivity index (χ2v) is 7.44. The summed E-state index contributed by atoms with van der Waals surface area (Å²) in [6, 6.07) is 3.01. The van der Waals surface area contributed by atoms with Crippen molar-refractivity contribution in [1.29, 1.82) is 0 Å². The molecule has 1 amide bonds. The van der Waals surface area contributed by atoms with Crippen LogP contribution < -0.4 is 4.74 Å². The Balaban J connectivity index is 1.73. The van der Waals surface area contributed by atoms with Crippen molar-refractivity contribution in [3.63, 3.8) is 0 Å². The molecule has 1 heterocycles. The van der Waals surface area contributed by atoms with Crippen molar-refractivity contribution in [1.82, 2.24) is 4.90 Å². The number of hydrogen-bond acceptors (Lipinski definition) is 3. The topological polar surface area (TPSA) is 38.8 Å². The first-order valence-corrected chi connectivity index (χ1v) is 8.31. The molecular weight excluding hydrogens is 359 g/mol. The third-order valence-electron chi connectivity index (χ3n) is 3.65. The molecule has 0 atom stereocenters. The van der Waals surface area contributed by atoms with E-state index >= 15 is 0 Å². The van der Waals surface area contributed by atoms with Crippen molar-refractivity contribution in [3.8, 4) is 5.75 Å². The predicted molar refractivity (Wildman–Crippen MR) is 87.9 cm³/mol. The van der Waals surface area contributed by atoms with Crippen LogP contribution in [-0.4, -0.2) is 36.3 Å². The van der Waals surface area contributed by atoms with E-state index in [0.717, 1.165) is 12.1 Å². The number of amides is 1. The number of likely N-dealkylation sites (tertiary alicyclic amines) is 1. The van der Waals surface area contributed by atoms with E-state index in [1.807, 2.05) is 20.8 Å². The molecule has 1 saturated heterocycles. The molecule has 4 nitrogen and oxygen atoms in total. The molecule has 1 aromatic rings. The van der Waals surface area contributed by atoms with Crippen molar-refractivity contribution in [2.45, 2.75) is 39.0 Å². The van der Waals surface area contributed by atoms with Gasteiger partial charge in [0.1, 0.15) is 11.4 Å². The minimum Gasteiger partial charge on any atom is -0.492 e. The van der Waals surface area contributed by atoms with Gasteiger partial charge in [-0.1, -0.05) is 11.6 Å². The Morgan fingerprint density at radius 2 is 1.92 bits per heavy atom. The third-order valence-corrected chi connectivity index (χ3v) is 3.95. The van der Waals surface area contributed by atoms with Crippen LogP contribution in [0.3, 0.4) is 0 Å². The third kappa shape index (κ3) is 5.70. The van der Waals surface area contributed by atoms with Gasteiger partial charge >= 0.3 is 12.3 Å². The lowest BCUT2D eigenvalue weighted by Gasteiger charge is -2.39. The Morgan fingerprint density at radius 1 is 1.28 bits per heavy atom. The molecule has 140 valence electrons. The summed E-state index contributed by atoms with van der Waals surface area (Å²) in [5.41, 5.74) is -1.33. The van der Waals surface area contributed by atoms with E-state index < -0.39 is 17.3 Å². The maximum absolute atomic E-state index is 12.6. The van der Waals surface area contributed by atoms with Crippen LogP contribution in [0, 0.1) is 5.92 Å². The Morgan fingerprint density at radius 3 is 2.44 bits per heavy atom. The second-order valence-electron chi connectivity index (χ2n) is 7.03. The van der Waals surface area contributed by atoms with E-state index in [9.17, 15) is 18.0 Å². The van der Waals surface area contributed by atoms with Gasteiger partial charge in [0.05, 0.1) is 17.2 Å². The zero-order valence-corrected chi connectivity index (χ0v) is 15.1. The van der Waals surface area contributed by atoms with Crippen LogP contribution in [0.1, 0.15) is 32.8 Å². The van der Waals surface area contributed by atoms with Crippen molar-refractivity contribution >= 4 is 17.7 Å². The molecule has 0 saturated carbocycles. The lowest BCUT2D eigenvalue weighted by atomic mass is 9.97. The van der Waals surface area contributed by atoms with Gasteiger partial charge in [0.15, 0.2) is 0 Å². The van der Waals surface area contributed by atoms with Crippen LogP contribution in [-0.2, 0) is 10.9 Å². The first kappa shape index (κ1) is 19.7. The first-order valence-electron chi connectivity index (χ1n) is 7.93. The number of carbonyl (C=O) groups excluding carboxylic acids is 1. The number of rotatable bonds is 4. The zero-order chi connectivity index (χ0) is 18.8. The lowest BCUT2D eigenvalue weighted by molar-refractivity contribution is -0.137. The van der Waals surface area contributed by atoms with E-state index in [1.165, 1.54) is 6.07 Å². The van der Waals surface area contributed by atoms with Gasteiger partial charge in [-0.05, 0) is 51.3 Å². The van der Waals surface area contributed by atoms with Crippen molar-refractivity contribution in [3.05, 3.63) is 28.8 Å². The number of benzene rings is 1. The van der Waals surface area contributed by atoms with E-state index in [1.54, 1.807) is 4.90 Å². The van der Waals surface area contributed by atoms with E-state index in [-0.39, 0.29) is 22.8 Å². The van der Waals surface area contributed by atoms with Crippen LogP contribution in [0.25, 0.3) is 0 Å². The SMILES string of the molecule is CC(C)(C)OC(=O)N1CC(CCOc2ccc(C(F)(F)F)cc2Cl)C1. The minimum absolute atomic E-state index is 0.0705. The minimum atomic E-state index is -4.43. The molecule has 0 aromatic heterocycles. The fraction of sp³-hybridized carbons (Fsp3) is 0.588. The summed E-state index contributed by atoms with van der Waals surface area (Å²) in [4.78, 5) is 13.4. The summed E-state index contributed by atoms with van der Waals surface area (Å²) in [6.45, 7) is 6.91. The fourth-order valence-electron chi connectivity index (χ4n) is 2.36.